The molecule has 1 unspecified atom stereocenters. The monoisotopic (exact) mass is 603 g/mol. The molecular formula is C32H37N5O5S. The number of aryl methyl sites for hydroxylation is 1. The average Bonchev–Trinajstić information content (AvgIpc) is 3.58. The van der Waals surface area contributed by atoms with Gasteiger partial charge in [-0.25, -0.2) is 4.68 Å². The first kappa shape index (κ1) is 29.1. The predicted octanol–water partition coefficient (Wildman–Crippen LogP) is 4.07. The van der Waals surface area contributed by atoms with Crippen LogP contribution in [0.5, 0.6) is 11.5 Å². The van der Waals surface area contributed by atoms with E-state index in [1.54, 1.807) is 21.6 Å². The highest BCUT2D eigenvalue weighted by Crippen LogP contribution is 2.50. The molecule has 11 heteroatoms. The molecule has 226 valence electrons. The highest BCUT2D eigenvalue weighted by atomic mass is 32.2. The predicted molar refractivity (Wildman–Crippen MR) is 165 cm³/mol. The molecule has 0 spiro atoms. The maximum absolute atomic E-state index is 14.0. The minimum atomic E-state index is -0.361. The van der Waals surface area contributed by atoms with E-state index in [-0.39, 0.29) is 47.5 Å². The van der Waals surface area contributed by atoms with Crippen LogP contribution < -0.4 is 14.4 Å². The zero-order valence-electron chi connectivity index (χ0n) is 25.3. The summed E-state index contributed by atoms with van der Waals surface area (Å²) in [5.74, 6) is 1.88. The van der Waals surface area contributed by atoms with Crippen LogP contribution in [-0.2, 0) is 19.8 Å². The van der Waals surface area contributed by atoms with Crippen molar-refractivity contribution in [3.63, 3.8) is 0 Å². The van der Waals surface area contributed by atoms with E-state index in [9.17, 15) is 14.4 Å². The van der Waals surface area contributed by atoms with Gasteiger partial charge in [-0.05, 0) is 42.3 Å². The molecule has 10 nitrogen and oxygen atoms in total. The number of thioether (sulfide) groups is 1. The minimum Gasteiger partial charge on any atom is -0.454 e. The van der Waals surface area contributed by atoms with E-state index in [2.05, 4.69) is 20.8 Å². The quantitative estimate of drug-likeness (QED) is 0.444. The number of carbonyl (C=O) groups excluding carboxylic acids is 3. The van der Waals surface area contributed by atoms with Gasteiger partial charge in [-0.1, -0.05) is 39.0 Å². The number of hydrogen-bond acceptors (Lipinski definition) is 7. The first-order chi connectivity index (χ1) is 20.5. The van der Waals surface area contributed by atoms with E-state index in [1.165, 1.54) is 11.8 Å². The molecule has 1 atom stereocenters. The Morgan fingerprint density at radius 1 is 1.00 bits per heavy atom. The van der Waals surface area contributed by atoms with E-state index < -0.39 is 0 Å². The van der Waals surface area contributed by atoms with Gasteiger partial charge in [0.25, 0.3) is 0 Å². The van der Waals surface area contributed by atoms with Crippen LogP contribution in [0.25, 0.3) is 5.69 Å². The van der Waals surface area contributed by atoms with Crippen molar-refractivity contribution in [2.24, 2.45) is 0 Å². The number of amides is 3. The van der Waals surface area contributed by atoms with Gasteiger partial charge in [-0.2, -0.15) is 5.10 Å². The molecule has 3 amide bonds. The third kappa shape index (κ3) is 5.58. The van der Waals surface area contributed by atoms with Crippen LogP contribution in [-0.4, -0.2) is 82.6 Å². The fraction of sp³-hybridized carbons (Fsp3) is 0.438. The Morgan fingerprint density at radius 3 is 2.42 bits per heavy atom. The van der Waals surface area contributed by atoms with E-state index in [1.807, 2.05) is 54.1 Å². The van der Waals surface area contributed by atoms with Gasteiger partial charge in [0.2, 0.25) is 24.5 Å². The minimum absolute atomic E-state index is 0.00258. The molecule has 43 heavy (non-hydrogen) atoms. The van der Waals surface area contributed by atoms with Gasteiger partial charge >= 0.3 is 0 Å². The number of hydrogen-bond donors (Lipinski definition) is 0. The lowest BCUT2D eigenvalue weighted by molar-refractivity contribution is -0.137. The molecule has 0 saturated carbocycles. The van der Waals surface area contributed by atoms with Gasteiger partial charge in [0.1, 0.15) is 12.4 Å². The highest BCUT2D eigenvalue weighted by molar-refractivity contribution is 8.00. The number of rotatable bonds is 4. The van der Waals surface area contributed by atoms with E-state index in [0.29, 0.717) is 43.5 Å². The van der Waals surface area contributed by atoms with Crippen molar-refractivity contribution in [1.82, 2.24) is 19.6 Å². The smallest absolute Gasteiger partial charge is 0.242 e. The van der Waals surface area contributed by atoms with Crippen molar-refractivity contribution < 1.29 is 23.9 Å². The molecule has 4 heterocycles. The lowest BCUT2D eigenvalue weighted by Gasteiger charge is -2.35. The zero-order chi connectivity index (χ0) is 30.5. The van der Waals surface area contributed by atoms with E-state index in [0.717, 1.165) is 28.1 Å². The SMILES string of the molecule is CC(=O)N1CCN(C(=O)CN2C(=O)CSC(c3ccc4c(c3)OCO4)c3c(C(C)(C)C)nn(-c4cccc(C)c4)c32)CC1. The molecule has 2 aromatic carbocycles. The van der Waals surface area contributed by atoms with Gasteiger partial charge in [-0.15, -0.1) is 11.8 Å². The number of nitrogens with zero attached hydrogens (tertiary/aromatic N) is 5. The van der Waals surface area contributed by atoms with Gasteiger partial charge < -0.3 is 19.3 Å². The zero-order valence-corrected chi connectivity index (χ0v) is 26.1. The third-order valence-corrected chi connectivity index (χ3v) is 9.37. The lowest BCUT2D eigenvalue weighted by Crippen LogP contribution is -2.53. The first-order valence-corrected chi connectivity index (χ1v) is 15.6. The van der Waals surface area contributed by atoms with Crippen LogP contribution in [0.3, 0.4) is 0 Å². The van der Waals surface area contributed by atoms with Crippen LogP contribution in [0.15, 0.2) is 42.5 Å². The first-order valence-electron chi connectivity index (χ1n) is 14.6. The van der Waals surface area contributed by atoms with Crippen molar-refractivity contribution in [2.75, 3.05) is 50.2 Å². The molecule has 0 radical (unpaired) electrons. The van der Waals surface area contributed by atoms with Crippen molar-refractivity contribution in [1.29, 1.82) is 0 Å². The summed E-state index contributed by atoms with van der Waals surface area (Å²) in [6.07, 6.45) is 0. The topological polar surface area (TPSA) is 97.2 Å². The van der Waals surface area contributed by atoms with Gasteiger partial charge in [0.05, 0.1) is 22.4 Å². The second-order valence-corrected chi connectivity index (χ2v) is 13.4. The molecule has 1 fully saturated rings. The summed E-state index contributed by atoms with van der Waals surface area (Å²) in [7, 11) is 0. The standard InChI is InChI=1S/C32H37N5O5S/c1-20-7-6-8-23(15-20)37-31-28(30(33-37)32(3,4)5)29(22-9-10-24-25(16-22)42-19-41-24)43-18-27(40)36(31)17-26(39)35-13-11-34(12-14-35)21(2)38/h6-10,15-16,29H,11-14,17-19H2,1-5H3. The molecule has 0 bridgehead atoms. The molecule has 1 aromatic heterocycles. The fourth-order valence-electron chi connectivity index (χ4n) is 5.86. The Hall–Kier alpha value is -3.99. The van der Waals surface area contributed by atoms with Gasteiger partial charge in [-0.3, -0.25) is 19.3 Å². The van der Waals surface area contributed by atoms with Gasteiger partial charge in [0, 0.05) is 44.1 Å². The summed E-state index contributed by atoms with van der Waals surface area (Å²) in [5.41, 5.74) is 4.28. The second kappa shape index (κ2) is 11.3. The Balaban J connectivity index is 1.48. The number of ether oxygens (including phenoxy) is 2. The van der Waals surface area contributed by atoms with Crippen LogP contribution in [0.2, 0.25) is 0 Å². The average molecular weight is 604 g/mol. The summed E-state index contributed by atoms with van der Waals surface area (Å²) in [5, 5.41) is 4.95. The molecule has 0 aliphatic carbocycles. The normalized spacial score (nSPS) is 18.5. The van der Waals surface area contributed by atoms with Crippen LogP contribution >= 0.6 is 11.8 Å². The molecule has 6 rings (SSSR count). The summed E-state index contributed by atoms with van der Waals surface area (Å²) >= 11 is 1.54. The van der Waals surface area contributed by atoms with Crippen LogP contribution in [0.4, 0.5) is 5.82 Å². The summed E-state index contributed by atoms with van der Waals surface area (Å²) in [6.45, 7) is 11.8. The lowest BCUT2D eigenvalue weighted by atomic mass is 9.87. The van der Waals surface area contributed by atoms with Gasteiger partial charge in [0.15, 0.2) is 11.5 Å². The number of carbonyl (C=O) groups is 3. The van der Waals surface area contributed by atoms with Crippen molar-refractivity contribution in [2.45, 2.75) is 45.3 Å². The highest BCUT2D eigenvalue weighted by Gasteiger charge is 2.41. The maximum Gasteiger partial charge on any atom is 0.242 e. The number of anilines is 1. The number of piperazine rings is 1. The maximum atomic E-state index is 14.0. The fourth-order valence-corrected chi connectivity index (χ4v) is 7.05. The number of aromatic nitrogens is 2. The van der Waals surface area contributed by atoms with E-state index >= 15 is 0 Å². The molecule has 3 aromatic rings. The van der Waals surface area contributed by atoms with Crippen LogP contribution in [0.1, 0.15) is 55.3 Å². The Kier molecular flexibility index (Phi) is 7.62. The van der Waals surface area contributed by atoms with Crippen LogP contribution in [0, 0.1) is 6.92 Å². The summed E-state index contributed by atoms with van der Waals surface area (Å²) in [6, 6.07) is 13.9. The van der Waals surface area contributed by atoms with E-state index in [4.69, 9.17) is 14.6 Å². The molecule has 3 aliphatic rings. The molecule has 1 saturated heterocycles. The number of fused-ring (bicyclic) bond motifs is 2. The molecule has 3 aliphatic heterocycles. The second-order valence-electron chi connectivity index (χ2n) is 12.3. The molecular weight excluding hydrogens is 566 g/mol. The van der Waals surface area contributed by atoms with Crippen molar-refractivity contribution in [3.05, 3.63) is 64.8 Å². The largest absolute Gasteiger partial charge is 0.454 e. The molecule has 0 N–H and O–H groups in total. The Bertz CT molecular complexity index is 1590. The Morgan fingerprint density at radius 2 is 1.72 bits per heavy atom. The number of benzene rings is 2. The summed E-state index contributed by atoms with van der Waals surface area (Å²) in [4.78, 5) is 44.7. The van der Waals surface area contributed by atoms with Crippen molar-refractivity contribution in [3.8, 4) is 17.2 Å². The van der Waals surface area contributed by atoms with Crippen molar-refractivity contribution >= 4 is 35.3 Å². The Labute approximate surface area is 255 Å². The summed E-state index contributed by atoms with van der Waals surface area (Å²) < 4.78 is 13.1. The third-order valence-electron chi connectivity index (χ3n) is 8.12.